The first kappa shape index (κ1) is 45.5. The zero-order valence-corrected chi connectivity index (χ0v) is 33.7. The van der Waals surface area contributed by atoms with Crippen molar-refractivity contribution in [2.24, 2.45) is 0 Å². The number of carbonyl (C=O) groups is 1. The van der Waals surface area contributed by atoms with Crippen molar-refractivity contribution in [2.75, 3.05) is 13.2 Å². The molecule has 0 radical (unpaired) electrons. The van der Waals surface area contributed by atoms with Crippen molar-refractivity contribution >= 4 is 29.4 Å². The molecule has 0 unspecified atom stereocenters. The first-order valence-electron chi connectivity index (χ1n) is 18.6. The van der Waals surface area contributed by atoms with Gasteiger partial charge in [-0.1, -0.05) is 67.4 Å². The molecular formula is C45H43ClF3N3O7. The number of carbonyl (C=O) groups excluding carboxylic acids is 2. The Hall–Kier alpha value is -6.19. The van der Waals surface area contributed by atoms with Crippen LogP contribution < -0.4 is 19.5 Å². The average Bonchev–Trinajstić information content (AvgIpc) is 3.21. The summed E-state index contributed by atoms with van der Waals surface area (Å²) in [5.74, 6) is -0.304. The quantitative estimate of drug-likeness (QED) is 0.0695. The van der Waals surface area contributed by atoms with E-state index in [9.17, 15) is 18.0 Å². The van der Waals surface area contributed by atoms with Gasteiger partial charge in [0.1, 0.15) is 43.1 Å². The van der Waals surface area contributed by atoms with Crippen LogP contribution in [0.3, 0.4) is 0 Å². The molecule has 0 bridgehead atoms. The van der Waals surface area contributed by atoms with Gasteiger partial charge in [0.25, 0.3) is 0 Å². The van der Waals surface area contributed by atoms with Crippen molar-refractivity contribution in [3.05, 3.63) is 135 Å². The number of alkyl halides is 3. The zero-order chi connectivity index (χ0) is 43.1. The number of hydrogen-bond donors (Lipinski definition) is 2. The number of carboxylic acids is 1. The molecule has 0 amide bonds. The van der Waals surface area contributed by atoms with Crippen LogP contribution in [0, 0.1) is 20.4 Å². The van der Waals surface area contributed by atoms with Crippen LogP contribution in [-0.4, -0.2) is 41.4 Å². The fraction of sp³-hybridized carbons (Fsp3) is 0.289. The molecule has 0 saturated heterocycles. The molecule has 5 rings (SSSR count). The molecule has 59 heavy (non-hydrogen) atoms. The van der Waals surface area contributed by atoms with E-state index in [2.05, 4.69) is 22.1 Å². The van der Waals surface area contributed by atoms with Crippen LogP contribution >= 0.6 is 11.6 Å². The molecule has 0 aliphatic rings. The molecule has 308 valence electrons. The van der Waals surface area contributed by atoms with E-state index in [0.29, 0.717) is 33.3 Å². The van der Waals surface area contributed by atoms with E-state index in [1.54, 1.807) is 30.5 Å². The normalized spacial score (nSPS) is 11.4. The Morgan fingerprint density at radius 3 is 2.25 bits per heavy atom. The number of aromatic nitrogens is 1. The van der Waals surface area contributed by atoms with Gasteiger partial charge in [0.2, 0.25) is 5.69 Å². The highest BCUT2D eigenvalue weighted by Gasteiger charge is 2.35. The minimum atomic E-state index is -4.68. The van der Waals surface area contributed by atoms with Gasteiger partial charge in [0, 0.05) is 25.0 Å². The van der Waals surface area contributed by atoms with E-state index < -0.39 is 23.8 Å². The fourth-order valence-corrected chi connectivity index (χ4v) is 6.50. The van der Waals surface area contributed by atoms with Gasteiger partial charge in [0.05, 0.1) is 17.2 Å². The van der Waals surface area contributed by atoms with Crippen molar-refractivity contribution in [3.8, 4) is 39.5 Å². The van der Waals surface area contributed by atoms with Gasteiger partial charge in [-0.3, -0.25) is 9.78 Å². The van der Waals surface area contributed by atoms with Crippen molar-refractivity contribution in [1.82, 2.24) is 10.3 Å². The third kappa shape index (κ3) is 12.4. The van der Waals surface area contributed by atoms with Gasteiger partial charge >= 0.3 is 18.3 Å². The van der Waals surface area contributed by atoms with Crippen LogP contribution in [0.15, 0.2) is 85.2 Å². The highest BCUT2D eigenvalue weighted by Crippen LogP contribution is 2.41. The van der Waals surface area contributed by atoms with Crippen LogP contribution in [0.25, 0.3) is 27.1 Å². The molecule has 1 atom stereocenters. The largest absolute Gasteiger partial charge is 0.492 e. The minimum Gasteiger partial charge on any atom is -0.492 e. The van der Waals surface area contributed by atoms with Crippen molar-refractivity contribution in [1.29, 1.82) is 0 Å². The topological polar surface area (TPSA) is 128 Å². The summed E-state index contributed by atoms with van der Waals surface area (Å²) in [6.45, 7) is 15.0. The highest BCUT2D eigenvalue weighted by atomic mass is 35.5. The smallest absolute Gasteiger partial charge is 0.419 e. The maximum atomic E-state index is 14.3. The van der Waals surface area contributed by atoms with Crippen LogP contribution in [-0.2, 0) is 40.2 Å². The number of unbranched alkanes of at least 4 members (excludes halogenated alkanes) is 1. The number of carboxylic acid groups (broad SMARTS) is 1. The molecule has 4 aromatic carbocycles. The summed E-state index contributed by atoms with van der Waals surface area (Å²) in [6, 6.07) is 19.9. The Morgan fingerprint density at radius 1 is 0.898 bits per heavy atom. The molecule has 14 heteroatoms. The van der Waals surface area contributed by atoms with Crippen molar-refractivity contribution in [3.63, 3.8) is 0 Å². The van der Waals surface area contributed by atoms with E-state index >= 15 is 0 Å². The molecule has 0 aliphatic carbocycles. The number of nitrogens with zero attached hydrogens (tertiary/aromatic N) is 2. The van der Waals surface area contributed by atoms with E-state index in [4.69, 9.17) is 47.1 Å². The maximum Gasteiger partial charge on any atom is 0.419 e. The Labute approximate surface area is 345 Å². The number of benzene rings is 4. The summed E-state index contributed by atoms with van der Waals surface area (Å²) >= 11 is 6.74. The van der Waals surface area contributed by atoms with Gasteiger partial charge in [-0.15, -0.1) is 0 Å². The standard InChI is InChI=1S/C44H43ClF3N3O5.CO2/c1-6-7-10-32-21-39(45)42(22-41(32)55-25-30-19-34(49-5)24-50-23-30)56-26-33-11-8-13-36(27(33)2)37-14-9-12-35(28(37)3)31-15-16-40(38(20-31)44(46,47)48)54-18-17-51-29(4)43(52)53;2-1-3/h8-9,11-16,19-24,29,51H,6-7,10,17-18,25-26H2,1-4H3,(H,52,53);/t29-;/m0./s1. The lowest BCUT2D eigenvalue weighted by molar-refractivity contribution is -0.191. The van der Waals surface area contributed by atoms with Crippen molar-refractivity contribution < 1.29 is 46.9 Å². The summed E-state index contributed by atoms with van der Waals surface area (Å²) in [6.07, 6.45) is 1.46. The van der Waals surface area contributed by atoms with Gasteiger partial charge < -0.3 is 24.6 Å². The molecule has 0 aliphatic heterocycles. The van der Waals surface area contributed by atoms with Gasteiger partial charge in [0.15, 0.2) is 0 Å². The summed E-state index contributed by atoms with van der Waals surface area (Å²) in [7, 11) is 0. The number of hydrogen-bond acceptors (Lipinski definition) is 8. The number of pyridine rings is 1. The van der Waals surface area contributed by atoms with Gasteiger partial charge in [-0.05, 0) is 108 Å². The third-order valence-electron chi connectivity index (χ3n) is 9.45. The number of aryl methyl sites for hydroxylation is 1. The Kier molecular flexibility index (Phi) is 16.6. The van der Waals surface area contributed by atoms with Gasteiger partial charge in [-0.25, -0.2) is 4.85 Å². The molecule has 5 aromatic rings. The first-order valence-corrected chi connectivity index (χ1v) is 19.0. The highest BCUT2D eigenvalue weighted by molar-refractivity contribution is 6.32. The monoisotopic (exact) mass is 829 g/mol. The predicted octanol–water partition coefficient (Wildman–Crippen LogP) is 10.6. The van der Waals surface area contributed by atoms with E-state index in [1.807, 2.05) is 50.2 Å². The Morgan fingerprint density at radius 2 is 1.58 bits per heavy atom. The maximum absolute atomic E-state index is 14.3. The summed E-state index contributed by atoms with van der Waals surface area (Å²) < 4.78 is 60.8. The number of rotatable bonds is 17. The summed E-state index contributed by atoms with van der Waals surface area (Å²) in [5.41, 5.74) is 6.66. The van der Waals surface area contributed by atoms with Gasteiger partial charge in [-0.2, -0.15) is 22.8 Å². The number of ether oxygens (including phenoxy) is 3. The summed E-state index contributed by atoms with van der Waals surface area (Å²) in [4.78, 5) is 34.9. The van der Waals surface area contributed by atoms with E-state index in [-0.39, 0.29) is 38.3 Å². The van der Waals surface area contributed by atoms with Crippen LogP contribution in [0.4, 0.5) is 18.9 Å². The molecule has 0 saturated carbocycles. The van der Waals surface area contributed by atoms with Crippen LogP contribution in [0.2, 0.25) is 5.02 Å². The number of halogens is 4. The number of nitrogens with one attached hydrogen (secondary N) is 1. The third-order valence-corrected chi connectivity index (χ3v) is 9.74. The van der Waals surface area contributed by atoms with E-state index in [0.717, 1.165) is 64.3 Å². The molecule has 10 nitrogen and oxygen atoms in total. The second kappa shape index (κ2) is 21.5. The number of aliphatic carboxylic acids is 1. The predicted molar refractivity (Wildman–Crippen MR) is 217 cm³/mol. The second-order valence-electron chi connectivity index (χ2n) is 13.5. The van der Waals surface area contributed by atoms with Crippen molar-refractivity contribution in [2.45, 2.75) is 72.4 Å². The molecule has 2 N–H and O–H groups in total. The minimum absolute atomic E-state index is 0.0597. The molecule has 0 spiro atoms. The lowest BCUT2D eigenvalue weighted by Crippen LogP contribution is -2.36. The first-order chi connectivity index (χ1) is 28.2. The molecule has 1 heterocycles. The molecular weight excluding hydrogens is 787 g/mol. The fourth-order valence-electron chi connectivity index (χ4n) is 6.25. The summed E-state index contributed by atoms with van der Waals surface area (Å²) in [5, 5.41) is 12.2. The van der Waals surface area contributed by atoms with Crippen LogP contribution in [0.5, 0.6) is 17.2 Å². The van der Waals surface area contributed by atoms with Crippen LogP contribution in [0.1, 0.15) is 60.1 Å². The Balaban J connectivity index is 0.00000248. The lowest BCUT2D eigenvalue weighted by atomic mass is 9.89. The second-order valence-corrected chi connectivity index (χ2v) is 13.9. The Bertz CT molecular complexity index is 2320. The zero-order valence-electron chi connectivity index (χ0n) is 32.9. The molecule has 0 fully saturated rings. The van der Waals surface area contributed by atoms with E-state index in [1.165, 1.54) is 19.2 Å². The lowest BCUT2D eigenvalue weighted by Gasteiger charge is -2.19. The molecule has 1 aromatic heterocycles. The SMILES string of the molecule is O=C=O.[C-]#[N+]c1cncc(COc2cc(OCc3cccc(-c4cccc(-c5ccc(OCCN[C@@H](C)C(=O)O)c(C(F)(F)F)c5)c4C)c3C)c(Cl)cc2CCCC)c1. The average molecular weight is 830 g/mol.